The molecule has 2 N–H and O–H groups in total. The van der Waals surface area contributed by atoms with Crippen molar-refractivity contribution in [3.05, 3.63) is 78.6 Å². The Morgan fingerprint density at radius 2 is 2.08 bits per heavy atom. The van der Waals surface area contributed by atoms with Gasteiger partial charge in [-0.05, 0) is 71.0 Å². The van der Waals surface area contributed by atoms with Crippen LogP contribution in [0.1, 0.15) is 18.4 Å². The van der Waals surface area contributed by atoms with Gasteiger partial charge in [-0.2, -0.15) is 5.10 Å². The summed E-state index contributed by atoms with van der Waals surface area (Å²) in [6, 6.07) is 16.4. The molecule has 2 unspecified atom stereocenters. The molecule has 39 heavy (non-hydrogen) atoms. The molecule has 3 aromatic heterocycles. The number of piperidine rings is 1. The van der Waals surface area contributed by atoms with Gasteiger partial charge in [0.1, 0.15) is 5.44 Å². The Bertz CT molecular complexity index is 1560. The average Bonchev–Trinajstić information content (AvgIpc) is 3.30. The van der Waals surface area contributed by atoms with E-state index in [0.717, 1.165) is 74.1 Å². The van der Waals surface area contributed by atoms with Gasteiger partial charge < -0.3 is 15.5 Å². The van der Waals surface area contributed by atoms with Crippen molar-refractivity contribution in [2.45, 2.75) is 18.9 Å². The summed E-state index contributed by atoms with van der Waals surface area (Å²) in [7, 11) is 4.95. The number of hydrogen-bond donors (Lipinski definition) is 2. The zero-order valence-corrected chi connectivity index (χ0v) is 23.0. The standard InChI is InChI=1S/C29H31N8OP/c1-35(2)16-6-9-25(38)31-21-12-10-20(11-13-21)28-36-17-5-7-22(19-36)32-29-30-15-14-23(33-29)26-24-8-3-4-18-37(24)34-27(26)39-28/h3-4,6,8-15,18,22H,5,7,16-17,19H2,1-2H3,(H,31,38)(H,30,32,33)/b9-6+. The van der Waals surface area contributed by atoms with Gasteiger partial charge in [0.2, 0.25) is 11.9 Å². The third-order valence-electron chi connectivity index (χ3n) is 6.85. The fourth-order valence-corrected chi connectivity index (χ4v) is 6.31. The molecular formula is C29H31N8OP. The van der Waals surface area contributed by atoms with Crippen molar-refractivity contribution >= 4 is 42.1 Å². The fraction of sp³-hybridized carbons (Fsp3) is 0.276. The van der Waals surface area contributed by atoms with E-state index < -0.39 is 0 Å². The van der Waals surface area contributed by atoms with Crippen molar-refractivity contribution in [1.29, 1.82) is 0 Å². The van der Waals surface area contributed by atoms with Gasteiger partial charge in [0.05, 0.1) is 22.2 Å². The Balaban J connectivity index is 1.40. The van der Waals surface area contributed by atoms with Crippen LogP contribution in [0, 0.1) is 0 Å². The molecule has 0 aliphatic carbocycles. The number of likely N-dealkylation sites (N-methyl/N-ethyl adjacent to an activating group) is 1. The lowest BCUT2D eigenvalue weighted by atomic mass is 10.0. The Kier molecular flexibility index (Phi) is 7.20. The summed E-state index contributed by atoms with van der Waals surface area (Å²) in [5.41, 5.74) is 6.92. The molecule has 6 rings (SSSR count). The first-order chi connectivity index (χ1) is 19.0. The number of nitrogens with zero attached hydrogens (tertiary/aromatic N) is 6. The summed E-state index contributed by atoms with van der Waals surface area (Å²) in [5, 5.41) is 11.5. The summed E-state index contributed by atoms with van der Waals surface area (Å²) in [4.78, 5) is 26.2. The number of aromatic nitrogens is 4. The van der Waals surface area contributed by atoms with Gasteiger partial charge in [-0.3, -0.25) is 9.69 Å². The first-order valence-electron chi connectivity index (χ1n) is 13.2. The number of amides is 1. The molecule has 2 aliphatic heterocycles. The molecule has 4 bridgehead atoms. The number of pyridine rings is 1. The number of rotatable bonds is 5. The largest absolute Gasteiger partial charge is 0.350 e. The van der Waals surface area contributed by atoms with Gasteiger partial charge in [0, 0.05) is 49.8 Å². The number of anilines is 2. The lowest BCUT2D eigenvalue weighted by molar-refractivity contribution is -0.111. The molecular weight excluding hydrogens is 507 g/mol. The predicted octanol–water partition coefficient (Wildman–Crippen LogP) is 3.49. The van der Waals surface area contributed by atoms with E-state index in [2.05, 4.69) is 38.7 Å². The molecule has 4 aromatic rings. The minimum absolute atomic E-state index is 0.132. The normalized spacial score (nSPS) is 19.2. The zero-order valence-electron chi connectivity index (χ0n) is 22.1. The van der Waals surface area contributed by atoms with E-state index in [4.69, 9.17) is 10.1 Å². The number of hydrogen-bond acceptors (Lipinski definition) is 7. The van der Waals surface area contributed by atoms with Crippen molar-refractivity contribution in [1.82, 2.24) is 29.4 Å². The van der Waals surface area contributed by atoms with Crippen LogP contribution in [-0.4, -0.2) is 80.5 Å². The monoisotopic (exact) mass is 538 g/mol. The second-order valence-corrected chi connectivity index (χ2v) is 11.2. The van der Waals surface area contributed by atoms with Crippen molar-refractivity contribution in [2.75, 3.05) is 44.4 Å². The maximum atomic E-state index is 12.3. The van der Waals surface area contributed by atoms with Gasteiger partial charge in [0.15, 0.2) is 0 Å². The molecule has 0 radical (unpaired) electrons. The Hall–Kier alpha value is -3.91. The van der Waals surface area contributed by atoms with Crippen molar-refractivity contribution in [3.63, 3.8) is 0 Å². The van der Waals surface area contributed by atoms with E-state index in [-0.39, 0.29) is 11.9 Å². The SMILES string of the molecule is CN(C)C/C=C/C(=O)Nc1ccc(C2=Pc3nn4ccccc4c3-c3ccnc(n3)NC3CCCN2C3)cc1. The van der Waals surface area contributed by atoms with E-state index in [1.54, 1.807) is 6.08 Å². The molecule has 9 nitrogen and oxygen atoms in total. The van der Waals surface area contributed by atoms with Gasteiger partial charge in [0.25, 0.3) is 0 Å². The highest BCUT2D eigenvalue weighted by molar-refractivity contribution is 7.49. The molecule has 5 heterocycles. The van der Waals surface area contributed by atoms with Gasteiger partial charge in [-0.15, -0.1) is 0 Å². The quantitative estimate of drug-likeness (QED) is 0.297. The molecule has 1 fully saturated rings. The smallest absolute Gasteiger partial charge is 0.248 e. The zero-order chi connectivity index (χ0) is 26.8. The minimum Gasteiger partial charge on any atom is -0.350 e. The van der Waals surface area contributed by atoms with E-state index in [0.29, 0.717) is 5.95 Å². The van der Waals surface area contributed by atoms with Gasteiger partial charge >= 0.3 is 0 Å². The van der Waals surface area contributed by atoms with Gasteiger partial charge in [-0.1, -0.05) is 24.3 Å². The van der Waals surface area contributed by atoms with E-state index in [1.165, 1.54) is 5.42 Å². The third-order valence-corrected chi connectivity index (χ3v) is 8.13. The maximum Gasteiger partial charge on any atom is 0.248 e. The first kappa shape index (κ1) is 25.4. The highest BCUT2D eigenvalue weighted by atomic mass is 31.1. The van der Waals surface area contributed by atoms with Crippen LogP contribution in [0.25, 0.3) is 16.8 Å². The lowest BCUT2D eigenvalue weighted by Gasteiger charge is -2.34. The van der Waals surface area contributed by atoms with E-state index in [9.17, 15) is 4.79 Å². The Morgan fingerprint density at radius 3 is 2.92 bits per heavy atom. The number of carbonyl (C=O) groups is 1. The summed E-state index contributed by atoms with van der Waals surface area (Å²) < 4.78 is 1.93. The first-order valence-corrected chi connectivity index (χ1v) is 14.1. The van der Waals surface area contributed by atoms with Crippen LogP contribution in [-0.2, 0) is 4.79 Å². The molecule has 1 amide bonds. The van der Waals surface area contributed by atoms with E-state index in [1.807, 2.05) is 72.3 Å². The Labute approximate surface area is 229 Å². The summed E-state index contributed by atoms with van der Waals surface area (Å²) in [6.45, 7) is 2.54. The maximum absolute atomic E-state index is 12.3. The predicted molar refractivity (Wildman–Crippen MR) is 158 cm³/mol. The molecule has 0 saturated carbocycles. The summed E-state index contributed by atoms with van der Waals surface area (Å²) in [5.74, 6) is 0.521. The van der Waals surface area contributed by atoms with Crippen LogP contribution in [0.15, 0.2) is 73.1 Å². The van der Waals surface area contributed by atoms with Crippen LogP contribution in [0.2, 0.25) is 0 Å². The Morgan fingerprint density at radius 1 is 1.21 bits per heavy atom. The van der Waals surface area contributed by atoms with E-state index >= 15 is 0 Å². The third kappa shape index (κ3) is 5.61. The van der Waals surface area contributed by atoms with Crippen LogP contribution in [0.3, 0.4) is 0 Å². The number of benzene rings is 1. The minimum atomic E-state index is -0.132. The van der Waals surface area contributed by atoms with Crippen molar-refractivity contribution in [3.8, 4) is 11.3 Å². The van der Waals surface area contributed by atoms with Gasteiger partial charge in [-0.25, -0.2) is 14.5 Å². The van der Waals surface area contributed by atoms with Crippen LogP contribution in [0.4, 0.5) is 11.6 Å². The second kappa shape index (κ2) is 11.1. The average molecular weight is 539 g/mol. The molecule has 1 aromatic carbocycles. The highest BCUT2D eigenvalue weighted by Crippen LogP contribution is 2.29. The van der Waals surface area contributed by atoms with Crippen LogP contribution in [0.5, 0.6) is 0 Å². The van der Waals surface area contributed by atoms with Crippen molar-refractivity contribution < 1.29 is 4.79 Å². The molecule has 198 valence electrons. The van der Waals surface area contributed by atoms with Crippen LogP contribution < -0.4 is 16.1 Å². The molecule has 2 atom stereocenters. The topological polar surface area (TPSA) is 90.7 Å². The van der Waals surface area contributed by atoms with Crippen molar-refractivity contribution in [2.24, 2.45) is 0 Å². The second-order valence-electron chi connectivity index (χ2n) is 10.1. The molecule has 0 spiro atoms. The number of carbonyl (C=O) groups excluding carboxylic acids is 1. The molecule has 2 aliphatic rings. The summed E-state index contributed by atoms with van der Waals surface area (Å²) >= 11 is 0. The molecule has 10 heteroatoms. The highest BCUT2D eigenvalue weighted by Gasteiger charge is 2.27. The number of fused-ring (bicyclic) bond motifs is 8. The molecule has 1 saturated heterocycles. The number of nitrogens with one attached hydrogen (secondary N) is 2. The van der Waals surface area contributed by atoms with Crippen LogP contribution >= 0.6 is 8.20 Å². The fourth-order valence-electron chi connectivity index (χ4n) is 5.02. The lowest BCUT2D eigenvalue weighted by Crippen LogP contribution is -2.45. The summed E-state index contributed by atoms with van der Waals surface area (Å²) in [6.07, 6.45) is 9.37.